The Morgan fingerprint density at radius 3 is 2.51 bits per heavy atom. The van der Waals surface area contributed by atoms with Crippen molar-refractivity contribution in [3.8, 4) is 5.75 Å². The number of hydrogen-bond donors (Lipinski definition) is 2. The number of fused-ring (bicyclic) bond motifs is 1. The molecule has 0 radical (unpaired) electrons. The van der Waals surface area contributed by atoms with Gasteiger partial charge in [0.15, 0.2) is 0 Å². The van der Waals surface area contributed by atoms with Crippen molar-refractivity contribution in [3.63, 3.8) is 0 Å². The van der Waals surface area contributed by atoms with E-state index in [0.717, 1.165) is 30.6 Å². The van der Waals surface area contributed by atoms with E-state index in [0.29, 0.717) is 45.3 Å². The Balaban J connectivity index is 1.58. The lowest BCUT2D eigenvalue weighted by Crippen LogP contribution is -2.72. The van der Waals surface area contributed by atoms with E-state index in [1.54, 1.807) is 17.0 Å². The van der Waals surface area contributed by atoms with Crippen LogP contribution in [0.15, 0.2) is 48.5 Å². The average Bonchev–Trinajstić information content (AvgIpc) is 2.89. The van der Waals surface area contributed by atoms with E-state index in [1.807, 2.05) is 26.0 Å². The lowest BCUT2D eigenvalue weighted by Gasteiger charge is -2.62. The Labute approximate surface area is 219 Å². The number of nitrogens with zero attached hydrogens (tertiary/aromatic N) is 3. The molecule has 1 aliphatic carbocycles. The van der Waals surface area contributed by atoms with Crippen LogP contribution in [0.1, 0.15) is 56.2 Å². The molecule has 2 bridgehead atoms. The van der Waals surface area contributed by atoms with Crippen LogP contribution in [0.4, 0.5) is 4.79 Å². The van der Waals surface area contributed by atoms with E-state index in [9.17, 15) is 19.8 Å². The molecule has 3 aliphatic rings. The number of amides is 3. The Morgan fingerprint density at radius 2 is 1.78 bits per heavy atom. The summed E-state index contributed by atoms with van der Waals surface area (Å²) in [4.78, 5) is 32.5. The molecule has 198 valence electrons. The first-order valence-electron chi connectivity index (χ1n) is 13.7. The zero-order valence-corrected chi connectivity index (χ0v) is 22.0. The molecular weight excluding hydrogens is 466 g/mol. The molecule has 2 saturated heterocycles. The van der Waals surface area contributed by atoms with Crippen LogP contribution in [0.3, 0.4) is 0 Å². The number of aliphatic hydroxyl groups is 1. The first kappa shape index (κ1) is 25.7. The second-order valence-corrected chi connectivity index (χ2v) is 10.9. The molecule has 37 heavy (non-hydrogen) atoms. The highest BCUT2D eigenvalue weighted by Gasteiger charge is 2.63. The van der Waals surface area contributed by atoms with E-state index < -0.39 is 11.0 Å². The highest BCUT2D eigenvalue weighted by molar-refractivity contribution is 5.95. The second-order valence-electron chi connectivity index (χ2n) is 10.9. The minimum absolute atomic E-state index is 0.0557. The number of benzene rings is 2. The molecule has 0 spiro atoms. The number of hydrogen-bond acceptors (Lipinski definition) is 5. The van der Waals surface area contributed by atoms with Crippen LogP contribution in [0.5, 0.6) is 5.75 Å². The van der Waals surface area contributed by atoms with Gasteiger partial charge in [0.05, 0.1) is 5.60 Å². The molecule has 0 unspecified atom stereocenters. The van der Waals surface area contributed by atoms with Gasteiger partial charge >= 0.3 is 6.03 Å². The summed E-state index contributed by atoms with van der Waals surface area (Å²) >= 11 is 0. The van der Waals surface area contributed by atoms with Gasteiger partial charge in [-0.25, -0.2) is 4.79 Å². The van der Waals surface area contributed by atoms with Crippen molar-refractivity contribution < 1.29 is 19.8 Å². The number of aromatic hydroxyl groups is 1. The van der Waals surface area contributed by atoms with Gasteiger partial charge in [-0.1, -0.05) is 36.4 Å². The number of urea groups is 1. The molecule has 2 heterocycles. The van der Waals surface area contributed by atoms with E-state index in [4.69, 9.17) is 0 Å². The predicted molar refractivity (Wildman–Crippen MR) is 142 cm³/mol. The maximum absolute atomic E-state index is 13.8. The molecule has 2 aromatic rings. The smallest absolute Gasteiger partial charge is 0.326 e. The Bertz CT molecular complexity index is 1150. The molecule has 5 rings (SSSR count). The maximum Gasteiger partial charge on any atom is 0.326 e. The second kappa shape index (κ2) is 10.1. The fourth-order valence-corrected chi connectivity index (χ4v) is 7.19. The van der Waals surface area contributed by atoms with Gasteiger partial charge in [-0.15, -0.1) is 0 Å². The van der Waals surface area contributed by atoms with Crippen LogP contribution in [0, 0.1) is 0 Å². The Kier molecular flexibility index (Phi) is 7.03. The number of imide groups is 1. The summed E-state index contributed by atoms with van der Waals surface area (Å²) in [5.41, 5.74) is 1.21. The number of carbonyl (C=O) groups excluding carboxylic acids is 2. The third kappa shape index (κ3) is 4.32. The van der Waals surface area contributed by atoms with Crippen LogP contribution in [-0.4, -0.2) is 81.2 Å². The van der Waals surface area contributed by atoms with Crippen LogP contribution < -0.4 is 0 Å². The van der Waals surface area contributed by atoms with E-state index >= 15 is 0 Å². The summed E-state index contributed by atoms with van der Waals surface area (Å²) in [6, 6.07) is 15.4. The van der Waals surface area contributed by atoms with E-state index in [-0.39, 0.29) is 30.2 Å². The summed E-state index contributed by atoms with van der Waals surface area (Å²) in [7, 11) is 0. The van der Waals surface area contributed by atoms with Crippen LogP contribution in [0.25, 0.3) is 0 Å². The third-order valence-corrected chi connectivity index (χ3v) is 9.14. The molecule has 2 fully saturated rings. The Morgan fingerprint density at radius 1 is 1.00 bits per heavy atom. The van der Waals surface area contributed by atoms with Crippen molar-refractivity contribution in [3.05, 3.63) is 65.2 Å². The molecule has 0 aromatic heterocycles. The van der Waals surface area contributed by atoms with Crippen molar-refractivity contribution in [2.45, 2.75) is 69.4 Å². The summed E-state index contributed by atoms with van der Waals surface area (Å²) in [5.74, 6) is -0.107. The van der Waals surface area contributed by atoms with Gasteiger partial charge < -0.3 is 15.1 Å². The topological polar surface area (TPSA) is 84.3 Å². The molecule has 2 aromatic carbocycles. The van der Waals surface area contributed by atoms with Gasteiger partial charge in [0.1, 0.15) is 5.75 Å². The lowest BCUT2D eigenvalue weighted by molar-refractivity contribution is -0.164. The first-order chi connectivity index (χ1) is 17.8. The van der Waals surface area contributed by atoms with Gasteiger partial charge in [-0.3, -0.25) is 14.6 Å². The van der Waals surface area contributed by atoms with Gasteiger partial charge in [0.2, 0.25) is 5.91 Å². The molecule has 2 aliphatic heterocycles. The maximum atomic E-state index is 13.8. The standard InChI is InChI=1S/C30H39N3O4/c1-3-31-16-8-14-30(37)26-19-23-11-12-24(34)20-25(23)29(30,21-27(35)33(4-2)28(31)36)15-18-32(26)17-13-22-9-6-5-7-10-22/h5-7,9-12,20,26,34,37H,3-4,8,13-19,21H2,1-2H3/t26-,29-,30-/m1/s1. The quantitative estimate of drug-likeness (QED) is 0.647. The van der Waals surface area contributed by atoms with Gasteiger partial charge in [-0.05, 0) is 81.3 Å². The zero-order chi connectivity index (χ0) is 26.2. The largest absolute Gasteiger partial charge is 0.508 e. The number of phenols is 1. The fourth-order valence-electron chi connectivity index (χ4n) is 7.19. The minimum Gasteiger partial charge on any atom is -0.508 e. The number of piperidine rings is 1. The van der Waals surface area contributed by atoms with E-state index in [2.05, 4.69) is 29.2 Å². The zero-order valence-electron chi connectivity index (χ0n) is 22.0. The molecule has 7 nitrogen and oxygen atoms in total. The number of rotatable bonds is 5. The molecule has 3 amide bonds. The van der Waals surface area contributed by atoms with Crippen LogP contribution in [-0.2, 0) is 23.1 Å². The summed E-state index contributed by atoms with van der Waals surface area (Å²) in [5, 5.41) is 23.3. The van der Waals surface area contributed by atoms with Crippen LogP contribution in [0.2, 0.25) is 0 Å². The fraction of sp³-hybridized carbons (Fsp3) is 0.533. The predicted octanol–water partition coefficient (Wildman–Crippen LogP) is 3.71. The van der Waals surface area contributed by atoms with Crippen molar-refractivity contribution >= 4 is 11.9 Å². The highest BCUT2D eigenvalue weighted by Crippen LogP contribution is 2.56. The number of likely N-dealkylation sites (tertiary alicyclic amines) is 1. The van der Waals surface area contributed by atoms with Gasteiger partial charge in [0.25, 0.3) is 0 Å². The summed E-state index contributed by atoms with van der Waals surface area (Å²) < 4.78 is 0. The van der Waals surface area contributed by atoms with E-state index in [1.165, 1.54) is 10.5 Å². The monoisotopic (exact) mass is 505 g/mol. The molecule has 3 atom stereocenters. The third-order valence-electron chi connectivity index (χ3n) is 9.14. The molecular formula is C30H39N3O4. The average molecular weight is 506 g/mol. The molecule has 2 N–H and O–H groups in total. The lowest BCUT2D eigenvalue weighted by atomic mass is 9.52. The number of phenolic OH excluding ortho intramolecular Hbond substituents is 1. The summed E-state index contributed by atoms with van der Waals surface area (Å²) in [6.45, 7) is 6.66. The normalized spacial score (nSPS) is 28.6. The first-order valence-corrected chi connectivity index (χ1v) is 13.7. The van der Waals surface area contributed by atoms with Crippen molar-refractivity contribution in [1.29, 1.82) is 0 Å². The highest BCUT2D eigenvalue weighted by atomic mass is 16.3. The molecule has 0 saturated carbocycles. The van der Waals surface area contributed by atoms with Crippen molar-refractivity contribution in [1.82, 2.24) is 14.7 Å². The van der Waals surface area contributed by atoms with Crippen LogP contribution >= 0.6 is 0 Å². The molecule has 7 heteroatoms. The Hall–Kier alpha value is -2.90. The van der Waals surface area contributed by atoms with Crippen molar-refractivity contribution in [2.75, 3.05) is 32.7 Å². The SMILES string of the molecule is CCN1CCC[C@@]2(O)[C@H]3Cc4ccc(O)cc4[C@@]2(CCN3CCc2ccccc2)CC(=O)N(CC)C1=O. The minimum atomic E-state index is -1.16. The number of carbonyl (C=O) groups is 2. The van der Waals surface area contributed by atoms with Gasteiger partial charge in [-0.2, -0.15) is 0 Å². The van der Waals surface area contributed by atoms with Crippen molar-refractivity contribution in [2.24, 2.45) is 0 Å². The van der Waals surface area contributed by atoms with Gasteiger partial charge in [0, 0.05) is 44.1 Å². The summed E-state index contributed by atoms with van der Waals surface area (Å²) in [6.07, 6.45) is 3.37.